The van der Waals surface area contributed by atoms with Crippen molar-refractivity contribution in [3.63, 3.8) is 0 Å². The third-order valence-corrected chi connectivity index (χ3v) is 2.85. The standard InChI is InChI=1S/C13H20O4/c1-13(2)16-9-10(17-13)8-15-12-7-5-4-6-11(12)14-3/h4-6,10,12H,7-9H2,1-3H3. The summed E-state index contributed by atoms with van der Waals surface area (Å²) in [5, 5.41) is 0. The Balaban J connectivity index is 1.79. The minimum Gasteiger partial charge on any atom is -0.498 e. The molecule has 0 spiro atoms. The van der Waals surface area contributed by atoms with Crippen molar-refractivity contribution in [1.29, 1.82) is 0 Å². The van der Waals surface area contributed by atoms with Gasteiger partial charge >= 0.3 is 0 Å². The van der Waals surface area contributed by atoms with Gasteiger partial charge in [-0.2, -0.15) is 0 Å². The molecule has 0 aromatic rings. The number of hydrogen-bond donors (Lipinski definition) is 0. The second kappa shape index (κ2) is 5.21. The lowest BCUT2D eigenvalue weighted by Gasteiger charge is -2.22. The van der Waals surface area contributed by atoms with Crippen molar-refractivity contribution in [2.75, 3.05) is 20.3 Å². The molecule has 1 saturated heterocycles. The highest BCUT2D eigenvalue weighted by molar-refractivity contribution is 5.17. The van der Waals surface area contributed by atoms with Gasteiger partial charge in [0.25, 0.3) is 0 Å². The van der Waals surface area contributed by atoms with E-state index in [4.69, 9.17) is 18.9 Å². The van der Waals surface area contributed by atoms with Gasteiger partial charge in [0.15, 0.2) is 5.79 Å². The van der Waals surface area contributed by atoms with Crippen LogP contribution in [-0.2, 0) is 18.9 Å². The first-order chi connectivity index (χ1) is 8.11. The van der Waals surface area contributed by atoms with Gasteiger partial charge in [-0.25, -0.2) is 0 Å². The molecular formula is C13H20O4. The topological polar surface area (TPSA) is 36.9 Å². The first-order valence-electron chi connectivity index (χ1n) is 5.95. The van der Waals surface area contributed by atoms with E-state index in [0.717, 1.165) is 12.2 Å². The predicted octanol–water partition coefficient (Wildman–Crippen LogP) is 2.01. The molecular weight excluding hydrogens is 220 g/mol. The van der Waals surface area contributed by atoms with E-state index in [9.17, 15) is 0 Å². The fourth-order valence-corrected chi connectivity index (χ4v) is 2.01. The van der Waals surface area contributed by atoms with Crippen molar-refractivity contribution in [3.8, 4) is 0 Å². The van der Waals surface area contributed by atoms with Crippen LogP contribution in [0.4, 0.5) is 0 Å². The van der Waals surface area contributed by atoms with E-state index in [0.29, 0.717) is 13.2 Å². The summed E-state index contributed by atoms with van der Waals surface area (Å²) < 4.78 is 22.3. The average molecular weight is 240 g/mol. The maximum Gasteiger partial charge on any atom is 0.163 e. The zero-order valence-electron chi connectivity index (χ0n) is 10.6. The van der Waals surface area contributed by atoms with Gasteiger partial charge in [0, 0.05) is 0 Å². The molecule has 0 aromatic heterocycles. The summed E-state index contributed by atoms with van der Waals surface area (Å²) in [6.07, 6.45) is 6.84. The van der Waals surface area contributed by atoms with E-state index in [2.05, 4.69) is 6.08 Å². The molecule has 0 amide bonds. The number of methoxy groups -OCH3 is 1. The first kappa shape index (κ1) is 12.6. The Bertz CT molecular complexity index is 319. The van der Waals surface area contributed by atoms with E-state index in [1.54, 1.807) is 7.11 Å². The largest absolute Gasteiger partial charge is 0.498 e. The van der Waals surface area contributed by atoms with Crippen molar-refractivity contribution in [3.05, 3.63) is 24.0 Å². The van der Waals surface area contributed by atoms with Crippen LogP contribution >= 0.6 is 0 Å². The van der Waals surface area contributed by atoms with E-state index in [-0.39, 0.29) is 12.2 Å². The van der Waals surface area contributed by atoms with Crippen LogP contribution in [0.1, 0.15) is 20.3 Å². The third-order valence-electron chi connectivity index (χ3n) is 2.85. The summed E-state index contributed by atoms with van der Waals surface area (Å²) in [6, 6.07) is 0. The maximum atomic E-state index is 5.81. The molecule has 4 heteroatoms. The zero-order valence-corrected chi connectivity index (χ0v) is 10.6. The molecule has 96 valence electrons. The Kier molecular flexibility index (Phi) is 3.86. The Labute approximate surface area is 102 Å². The SMILES string of the molecule is COC1=CC=CCC1OCC1COC(C)(C)O1. The average Bonchev–Trinajstić information content (AvgIpc) is 2.67. The molecule has 2 atom stereocenters. The molecule has 1 heterocycles. The summed E-state index contributed by atoms with van der Waals surface area (Å²) in [5.41, 5.74) is 0. The molecule has 0 bridgehead atoms. The van der Waals surface area contributed by atoms with Gasteiger partial charge in [0.2, 0.25) is 0 Å². The monoisotopic (exact) mass is 240 g/mol. The van der Waals surface area contributed by atoms with E-state index >= 15 is 0 Å². The van der Waals surface area contributed by atoms with Crippen LogP contribution in [0.5, 0.6) is 0 Å². The second-order valence-corrected chi connectivity index (χ2v) is 4.71. The summed E-state index contributed by atoms with van der Waals surface area (Å²) in [6.45, 7) is 4.94. The molecule has 2 aliphatic rings. The number of ether oxygens (including phenoxy) is 4. The molecule has 0 aromatic carbocycles. The summed E-state index contributed by atoms with van der Waals surface area (Å²) >= 11 is 0. The molecule has 0 saturated carbocycles. The van der Waals surface area contributed by atoms with Crippen LogP contribution in [0.15, 0.2) is 24.0 Å². The quantitative estimate of drug-likeness (QED) is 0.753. The Morgan fingerprint density at radius 1 is 1.47 bits per heavy atom. The molecule has 1 aliphatic carbocycles. The molecule has 2 rings (SSSR count). The lowest BCUT2D eigenvalue weighted by Crippen LogP contribution is -2.27. The van der Waals surface area contributed by atoms with Crippen molar-refractivity contribution in [2.24, 2.45) is 0 Å². The third kappa shape index (κ3) is 3.31. The fourth-order valence-electron chi connectivity index (χ4n) is 2.01. The van der Waals surface area contributed by atoms with Crippen molar-refractivity contribution in [1.82, 2.24) is 0 Å². The highest BCUT2D eigenvalue weighted by Crippen LogP contribution is 2.24. The van der Waals surface area contributed by atoms with Gasteiger partial charge in [-0.3, -0.25) is 0 Å². The molecule has 1 aliphatic heterocycles. The normalized spacial score (nSPS) is 31.4. The highest BCUT2D eigenvalue weighted by atomic mass is 16.7. The van der Waals surface area contributed by atoms with E-state index in [1.165, 1.54) is 0 Å². The Hall–Kier alpha value is -0.840. The van der Waals surface area contributed by atoms with Gasteiger partial charge in [-0.1, -0.05) is 12.2 Å². The first-order valence-corrected chi connectivity index (χ1v) is 5.95. The van der Waals surface area contributed by atoms with Gasteiger partial charge in [0.05, 0.1) is 20.3 Å². The van der Waals surface area contributed by atoms with Crippen LogP contribution in [0.2, 0.25) is 0 Å². The molecule has 2 unspecified atom stereocenters. The lowest BCUT2D eigenvalue weighted by molar-refractivity contribution is -0.147. The molecule has 0 radical (unpaired) electrons. The van der Waals surface area contributed by atoms with Crippen molar-refractivity contribution >= 4 is 0 Å². The van der Waals surface area contributed by atoms with Gasteiger partial charge < -0.3 is 18.9 Å². The van der Waals surface area contributed by atoms with Crippen LogP contribution in [0.25, 0.3) is 0 Å². The van der Waals surface area contributed by atoms with Crippen LogP contribution < -0.4 is 0 Å². The van der Waals surface area contributed by atoms with Crippen LogP contribution in [-0.4, -0.2) is 38.3 Å². The smallest absolute Gasteiger partial charge is 0.163 e. The second-order valence-electron chi connectivity index (χ2n) is 4.71. The maximum absolute atomic E-state index is 5.81. The summed E-state index contributed by atoms with van der Waals surface area (Å²) in [4.78, 5) is 0. The van der Waals surface area contributed by atoms with E-state index in [1.807, 2.05) is 26.0 Å². The fraction of sp³-hybridized carbons (Fsp3) is 0.692. The van der Waals surface area contributed by atoms with Crippen molar-refractivity contribution < 1.29 is 18.9 Å². The van der Waals surface area contributed by atoms with Crippen LogP contribution in [0, 0.1) is 0 Å². The molecule has 0 N–H and O–H groups in total. The predicted molar refractivity (Wildman–Crippen MR) is 63.5 cm³/mol. The number of allylic oxidation sites excluding steroid dienone is 2. The van der Waals surface area contributed by atoms with Crippen LogP contribution in [0.3, 0.4) is 0 Å². The van der Waals surface area contributed by atoms with E-state index < -0.39 is 5.79 Å². The van der Waals surface area contributed by atoms with Crippen molar-refractivity contribution in [2.45, 2.75) is 38.3 Å². The molecule has 4 nitrogen and oxygen atoms in total. The van der Waals surface area contributed by atoms with Gasteiger partial charge in [-0.05, 0) is 26.3 Å². The number of rotatable bonds is 4. The number of hydrogen-bond acceptors (Lipinski definition) is 4. The summed E-state index contributed by atoms with van der Waals surface area (Å²) in [5.74, 6) is 0.381. The highest BCUT2D eigenvalue weighted by Gasteiger charge is 2.33. The minimum atomic E-state index is -0.486. The van der Waals surface area contributed by atoms with Gasteiger partial charge in [0.1, 0.15) is 18.0 Å². The zero-order chi connectivity index (χ0) is 12.3. The lowest BCUT2D eigenvalue weighted by atomic mass is 10.1. The minimum absolute atomic E-state index is 0.00249. The Morgan fingerprint density at radius 3 is 2.94 bits per heavy atom. The summed E-state index contributed by atoms with van der Waals surface area (Å²) in [7, 11) is 1.67. The molecule has 1 fully saturated rings. The van der Waals surface area contributed by atoms with Gasteiger partial charge in [-0.15, -0.1) is 0 Å². The molecule has 17 heavy (non-hydrogen) atoms. The Morgan fingerprint density at radius 2 is 2.29 bits per heavy atom.